The molecule has 0 saturated carbocycles. The minimum absolute atomic E-state index is 0.498. The van der Waals surface area contributed by atoms with Gasteiger partial charge in [-0.05, 0) is 19.1 Å². The molecule has 10 atom stereocenters. The van der Waals surface area contributed by atoms with Gasteiger partial charge in [0.1, 0.15) is 31.5 Å². The second-order valence-electron chi connectivity index (χ2n) is 11.7. The number of nitrogens with one attached hydrogen (secondary N) is 1. The molecule has 3 rings (SSSR count). The Hall–Kier alpha value is -4.81. The van der Waals surface area contributed by atoms with Crippen LogP contribution < -0.4 is 5.32 Å². The van der Waals surface area contributed by atoms with Crippen LogP contribution in [0.2, 0.25) is 0 Å². The summed E-state index contributed by atoms with van der Waals surface area (Å²) in [6.45, 7) is 8.45. The molecule has 1 aromatic carbocycles. The molecular formula is C33H43NO17. The van der Waals surface area contributed by atoms with Gasteiger partial charge in [-0.1, -0.05) is 17.7 Å². The number of carbonyl (C=O) groups excluding carboxylic acids is 7. The van der Waals surface area contributed by atoms with Crippen LogP contribution in [0.3, 0.4) is 0 Å². The molecule has 1 N–H and O–H groups in total. The topological polar surface area (TPSA) is 224 Å². The lowest BCUT2D eigenvalue weighted by molar-refractivity contribution is -0.343. The van der Waals surface area contributed by atoms with E-state index < -0.39 is 116 Å². The van der Waals surface area contributed by atoms with Crippen molar-refractivity contribution in [3.05, 3.63) is 29.8 Å². The van der Waals surface area contributed by atoms with Crippen molar-refractivity contribution < 1.29 is 80.9 Å². The summed E-state index contributed by atoms with van der Waals surface area (Å²) < 4.78 is 56.8. The van der Waals surface area contributed by atoms with E-state index in [2.05, 4.69) is 5.32 Å². The number of esters is 7. The summed E-state index contributed by atoms with van der Waals surface area (Å²) in [5, 5.41) is 3.09. The number of anilines is 1. The van der Waals surface area contributed by atoms with Crippen LogP contribution in [0.25, 0.3) is 0 Å². The number of carbonyl (C=O) groups is 7. The number of hydrogen-bond acceptors (Lipinski definition) is 18. The minimum Gasteiger partial charge on any atom is -0.463 e. The number of benzene rings is 1. The molecule has 18 nitrogen and oxygen atoms in total. The molecular weight excluding hydrogens is 682 g/mol. The standard InChI is InChI=1S/C33H43NO17/c1-15-9-11-23(12-10-15)34-32-30(47-21(7)40)28(45-19(5)38)27(24(49-32)13-42-16(2)35)51-33-31(48-22(8)41)29(46-20(6)39)26(44-18(4)37)25(50-33)14-43-17(3)36/h9-12,24-34H,13-14H2,1-8H3/t24-,25-,26+,27-,28+,29+,30-,31-,32?,33+/m1/s1. The molecule has 18 heteroatoms. The highest BCUT2D eigenvalue weighted by Gasteiger charge is 2.57. The first-order valence-electron chi connectivity index (χ1n) is 15.9. The highest BCUT2D eigenvalue weighted by molar-refractivity contribution is 5.69. The molecule has 282 valence electrons. The van der Waals surface area contributed by atoms with Crippen LogP contribution in [0.15, 0.2) is 24.3 Å². The smallest absolute Gasteiger partial charge is 0.303 e. The third kappa shape index (κ3) is 12.2. The van der Waals surface area contributed by atoms with Crippen LogP contribution in [-0.2, 0) is 80.9 Å². The van der Waals surface area contributed by atoms with E-state index in [0.717, 1.165) is 54.0 Å². The zero-order chi connectivity index (χ0) is 38.0. The molecule has 2 aliphatic rings. The summed E-state index contributed by atoms with van der Waals surface area (Å²) in [6, 6.07) is 7.07. The van der Waals surface area contributed by atoms with Crippen molar-refractivity contribution in [2.75, 3.05) is 18.5 Å². The van der Waals surface area contributed by atoms with Gasteiger partial charge < -0.3 is 52.7 Å². The Morgan fingerprint density at radius 1 is 0.529 bits per heavy atom. The van der Waals surface area contributed by atoms with Gasteiger partial charge in [-0.2, -0.15) is 0 Å². The third-order valence-electron chi connectivity index (χ3n) is 7.29. The lowest BCUT2D eigenvalue weighted by Gasteiger charge is -2.49. The van der Waals surface area contributed by atoms with Crippen molar-refractivity contribution in [3.8, 4) is 0 Å². The van der Waals surface area contributed by atoms with Crippen LogP contribution in [0, 0.1) is 6.92 Å². The van der Waals surface area contributed by atoms with E-state index in [1.165, 1.54) is 0 Å². The highest BCUT2D eigenvalue weighted by atomic mass is 16.8. The summed E-state index contributed by atoms with van der Waals surface area (Å²) in [4.78, 5) is 85.6. The normalized spacial score (nSPS) is 28.6. The first-order valence-corrected chi connectivity index (χ1v) is 15.9. The van der Waals surface area contributed by atoms with Crippen molar-refractivity contribution >= 4 is 47.5 Å². The van der Waals surface area contributed by atoms with E-state index in [1.54, 1.807) is 12.1 Å². The van der Waals surface area contributed by atoms with Gasteiger partial charge in [-0.15, -0.1) is 0 Å². The molecule has 2 heterocycles. The van der Waals surface area contributed by atoms with E-state index >= 15 is 0 Å². The Kier molecular flexibility index (Phi) is 14.7. The molecule has 2 aliphatic heterocycles. The van der Waals surface area contributed by atoms with Crippen molar-refractivity contribution in [1.29, 1.82) is 0 Å². The maximum Gasteiger partial charge on any atom is 0.303 e. The second-order valence-corrected chi connectivity index (χ2v) is 11.7. The minimum atomic E-state index is -1.77. The van der Waals surface area contributed by atoms with Crippen LogP contribution >= 0.6 is 0 Å². The second kappa shape index (κ2) is 18.4. The fourth-order valence-corrected chi connectivity index (χ4v) is 5.44. The van der Waals surface area contributed by atoms with E-state index in [4.69, 9.17) is 47.4 Å². The maximum absolute atomic E-state index is 12.6. The van der Waals surface area contributed by atoms with Gasteiger partial charge in [0.15, 0.2) is 43.0 Å². The van der Waals surface area contributed by atoms with E-state index in [-0.39, 0.29) is 0 Å². The largest absolute Gasteiger partial charge is 0.463 e. The Morgan fingerprint density at radius 2 is 0.941 bits per heavy atom. The maximum atomic E-state index is 12.6. The lowest BCUT2D eigenvalue weighted by Crippen LogP contribution is -2.67. The Bertz CT molecular complexity index is 1430. The van der Waals surface area contributed by atoms with Crippen molar-refractivity contribution in [2.24, 2.45) is 0 Å². The Morgan fingerprint density at radius 3 is 1.41 bits per heavy atom. The van der Waals surface area contributed by atoms with Gasteiger partial charge in [0.2, 0.25) is 0 Å². The van der Waals surface area contributed by atoms with Crippen LogP contribution in [-0.4, -0.2) is 116 Å². The zero-order valence-corrected chi connectivity index (χ0v) is 29.4. The first kappa shape index (κ1) is 40.6. The monoisotopic (exact) mass is 725 g/mol. The average molecular weight is 726 g/mol. The van der Waals surface area contributed by atoms with Crippen molar-refractivity contribution in [3.63, 3.8) is 0 Å². The van der Waals surface area contributed by atoms with Crippen molar-refractivity contribution in [1.82, 2.24) is 0 Å². The van der Waals surface area contributed by atoms with E-state index in [1.807, 2.05) is 19.1 Å². The molecule has 0 radical (unpaired) electrons. The SMILES string of the molecule is CC(=O)OC[C@H]1O[C@@H](O[C@H]2[C@H](OC(C)=O)[C@@H](OC(C)=O)C(Nc3ccc(C)cc3)O[C@@H]2COC(C)=O)[C@H](OC(C)=O)[C@@H](OC(C)=O)[C@H]1OC(C)=O. The summed E-state index contributed by atoms with van der Waals surface area (Å²) >= 11 is 0. The summed E-state index contributed by atoms with van der Waals surface area (Å²) in [6.07, 6.45) is -14.9. The highest BCUT2D eigenvalue weighted by Crippen LogP contribution is 2.35. The van der Waals surface area contributed by atoms with Crippen molar-refractivity contribution in [2.45, 2.75) is 117 Å². The molecule has 2 saturated heterocycles. The Balaban J connectivity index is 2.16. The summed E-state index contributed by atoms with van der Waals surface area (Å²) in [5.74, 6) is -5.70. The van der Waals surface area contributed by atoms with Gasteiger partial charge in [0, 0.05) is 54.2 Å². The third-order valence-corrected chi connectivity index (χ3v) is 7.29. The van der Waals surface area contributed by atoms with Gasteiger partial charge in [0.05, 0.1) is 0 Å². The summed E-state index contributed by atoms with van der Waals surface area (Å²) in [7, 11) is 0. The van der Waals surface area contributed by atoms with Crippen LogP contribution in [0.1, 0.15) is 54.0 Å². The molecule has 0 spiro atoms. The predicted molar refractivity (Wildman–Crippen MR) is 168 cm³/mol. The first-order chi connectivity index (χ1) is 23.9. The fourth-order valence-electron chi connectivity index (χ4n) is 5.44. The number of hydrogen-bond donors (Lipinski definition) is 1. The molecule has 0 amide bonds. The number of ether oxygens (including phenoxy) is 10. The van der Waals surface area contributed by atoms with Gasteiger partial charge in [0.25, 0.3) is 0 Å². The van der Waals surface area contributed by atoms with Crippen LogP contribution in [0.5, 0.6) is 0 Å². The van der Waals surface area contributed by atoms with Crippen LogP contribution in [0.4, 0.5) is 5.69 Å². The molecule has 0 aromatic heterocycles. The van der Waals surface area contributed by atoms with E-state index in [9.17, 15) is 33.6 Å². The molecule has 0 aliphatic carbocycles. The molecule has 1 aromatic rings. The molecule has 1 unspecified atom stereocenters. The zero-order valence-electron chi connectivity index (χ0n) is 29.4. The summed E-state index contributed by atoms with van der Waals surface area (Å²) in [5.41, 5.74) is 1.47. The van der Waals surface area contributed by atoms with Gasteiger partial charge in [-0.3, -0.25) is 33.6 Å². The molecule has 51 heavy (non-hydrogen) atoms. The van der Waals surface area contributed by atoms with Gasteiger partial charge >= 0.3 is 41.8 Å². The average Bonchev–Trinajstić information content (AvgIpc) is 3.00. The number of rotatable bonds is 13. The fraction of sp³-hybridized carbons (Fsp3) is 0.606. The molecule has 0 bridgehead atoms. The Labute approximate surface area is 293 Å². The number of aryl methyl sites for hydroxylation is 1. The molecule has 2 fully saturated rings. The van der Waals surface area contributed by atoms with Gasteiger partial charge in [-0.25, -0.2) is 0 Å². The predicted octanol–water partition coefficient (Wildman–Crippen LogP) is 1.03. The lowest BCUT2D eigenvalue weighted by atomic mass is 9.95. The quantitative estimate of drug-likeness (QED) is 0.221. The van der Waals surface area contributed by atoms with E-state index in [0.29, 0.717) is 5.69 Å².